The van der Waals surface area contributed by atoms with Gasteiger partial charge in [0.25, 0.3) is 11.8 Å². The molecule has 104 valence electrons. The highest BCUT2D eigenvalue weighted by molar-refractivity contribution is 9.10. The molecule has 0 unspecified atom stereocenters. The third kappa shape index (κ3) is 2.73. The van der Waals surface area contributed by atoms with Crippen LogP contribution in [0, 0.1) is 0 Å². The van der Waals surface area contributed by atoms with Crippen LogP contribution in [0.2, 0.25) is 0 Å². The fraction of sp³-hybridized carbons (Fsp3) is 0. The molecule has 2 aromatic rings. The Hall–Kier alpha value is -2.40. The van der Waals surface area contributed by atoms with E-state index >= 15 is 0 Å². The number of nitrogens with one attached hydrogen (secondary N) is 1. The molecule has 1 aliphatic heterocycles. The molecule has 0 aliphatic carbocycles. The van der Waals surface area contributed by atoms with E-state index in [9.17, 15) is 9.59 Å². The van der Waals surface area contributed by atoms with Crippen molar-refractivity contribution in [2.45, 2.75) is 0 Å². The Kier molecular flexibility index (Phi) is 3.58. The molecule has 1 fully saturated rings. The molecule has 0 atom stereocenters. The Morgan fingerprint density at radius 2 is 1.62 bits per heavy atom. The van der Waals surface area contributed by atoms with Crippen molar-refractivity contribution >= 4 is 39.5 Å². The van der Waals surface area contributed by atoms with Crippen LogP contribution in [0.5, 0.6) is 0 Å². The minimum atomic E-state index is -0.397. The number of carbonyl (C=O) groups is 2. The highest BCUT2D eigenvalue weighted by Crippen LogP contribution is 2.23. The summed E-state index contributed by atoms with van der Waals surface area (Å²) in [5.41, 5.74) is 4.13. The fourth-order valence-electron chi connectivity index (χ4n) is 2.05. The number of nitrogens with zero attached hydrogens (tertiary/aromatic N) is 1. The summed E-state index contributed by atoms with van der Waals surface area (Å²) in [6.45, 7) is 0. The summed E-state index contributed by atoms with van der Waals surface area (Å²) in [4.78, 5) is 24.4. The Labute approximate surface area is 130 Å². The van der Waals surface area contributed by atoms with Crippen LogP contribution in [-0.4, -0.2) is 11.8 Å². The van der Waals surface area contributed by atoms with Crippen LogP contribution in [0.1, 0.15) is 5.56 Å². The van der Waals surface area contributed by atoms with E-state index in [1.54, 1.807) is 18.2 Å². The molecule has 0 spiro atoms. The normalized spacial score (nSPS) is 16.4. The van der Waals surface area contributed by atoms with Gasteiger partial charge in [0.2, 0.25) is 0 Å². The quantitative estimate of drug-likeness (QED) is 0.673. The molecule has 4 nitrogen and oxygen atoms in total. The van der Waals surface area contributed by atoms with Gasteiger partial charge in [0.05, 0.1) is 5.69 Å². The summed E-state index contributed by atoms with van der Waals surface area (Å²) in [5, 5.41) is 1.25. The lowest BCUT2D eigenvalue weighted by Crippen LogP contribution is -2.35. The molecular formula is C16H11BrN2O2. The number of hydrogen-bond donors (Lipinski definition) is 1. The number of halogens is 1. The average Bonchev–Trinajstić information content (AvgIpc) is 2.77. The number of amides is 2. The van der Waals surface area contributed by atoms with E-state index in [4.69, 9.17) is 0 Å². The van der Waals surface area contributed by atoms with Crippen molar-refractivity contribution < 1.29 is 9.59 Å². The standard InChI is InChI=1S/C16H11BrN2O2/c17-12-6-8-13(9-7-12)19-16(21)14(15(20)18-19)10-11-4-2-1-3-5-11/h1-10H,(H,18,20)/b14-10+. The van der Waals surface area contributed by atoms with E-state index in [0.29, 0.717) is 5.69 Å². The van der Waals surface area contributed by atoms with Crippen molar-refractivity contribution in [2.24, 2.45) is 0 Å². The van der Waals surface area contributed by atoms with Crippen molar-refractivity contribution in [1.29, 1.82) is 0 Å². The van der Waals surface area contributed by atoms with Crippen molar-refractivity contribution in [1.82, 2.24) is 5.43 Å². The molecule has 2 aromatic carbocycles. The first kappa shape index (κ1) is 13.6. The van der Waals surface area contributed by atoms with Crippen molar-refractivity contribution in [3.63, 3.8) is 0 Å². The average molecular weight is 343 g/mol. The Morgan fingerprint density at radius 1 is 0.952 bits per heavy atom. The molecule has 5 heteroatoms. The van der Waals surface area contributed by atoms with Crippen LogP contribution in [0.15, 0.2) is 64.6 Å². The van der Waals surface area contributed by atoms with Crippen LogP contribution in [0.25, 0.3) is 6.08 Å². The minimum Gasteiger partial charge on any atom is -0.267 e. The van der Waals surface area contributed by atoms with Crippen molar-refractivity contribution in [3.05, 3.63) is 70.2 Å². The molecule has 1 heterocycles. The van der Waals surface area contributed by atoms with Gasteiger partial charge in [0, 0.05) is 4.47 Å². The summed E-state index contributed by atoms with van der Waals surface area (Å²) < 4.78 is 0.907. The first-order chi connectivity index (χ1) is 10.1. The fourth-order valence-corrected chi connectivity index (χ4v) is 2.31. The number of carbonyl (C=O) groups excluding carboxylic acids is 2. The predicted octanol–water partition coefficient (Wildman–Crippen LogP) is 2.91. The maximum atomic E-state index is 12.4. The van der Waals surface area contributed by atoms with Crippen molar-refractivity contribution in [3.8, 4) is 0 Å². The van der Waals surface area contributed by atoms with Gasteiger partial charge in [-0.3, -0.25) is 15.0 Å². The van der Waals surface area contributed by atoms with E-state index in [1.807, 2.05) is 42.5 Å². The minimum absolute atomic E-state index is 0.129. The molecule has 1 saturated heterocycles. The maximum absolute atomic E-state index is 12.4. The molecule has 0 saturated carbocycles. The van der Waals surface area contributed by atoms with Crippen LogP contribution >= 0.6 is 15.9 Å². The topological polar surface area (TPSA) is 49.4 Å². The van der Waals surface area contributed by atoms with Gasteiger partial charge < -0.3 is 0 Å². The zero-order valence-electron chi connectivity index (χ0n) is 10.9. The number of benzene rings is 2. The number of anilines is 1. The van der Waals surface area contributed by atoms with E-state index in [-0.39, 0.29) is 11.5 Å². The van der Waals surface area contributed by atoms with E-state index in [0.717, 1.165) is 10.0 Å². The molecule has 3 rings (SSSR count). The third-order valence-electron chi connectivity index (χ3n) is 3.09. The number of hydrazine groups is 1. The van der Waals surface area contributed by atoms with E-state index in [2.05, 4.69) is 21.4 Å². The van der Waals surface area contributed by atoms with Gasteiger partial charge in [-0.2, -0.15) is 0 Å². The van der Waals surface area contributed by atoms with Gasteiger partial charge in [-0.25, -0.2) is 5.01 Å². The molecule has 0 aromatic heterocycles. The lowest BCUT2D eigenvalue weighted by atomic mass is 10.1. The number of hydrogen-bond acceptors (Lipinski definition) is 2. The molecule has 2 amide bonds. The van der Waals surface area contributed by atoms with Crippen LogP contribution < -0.4 is 10.4 Å². The summed E-state index contributed by atoms with van der Waals surface area (Å²) in [5.74, 6) is -0.752. The monoisotopic (exact) mass is 342 g/mol. The summed E-state index contributed by atoms with van der Waals surface area (Å²) in [6, 6.07) is 16.4. The van der Waals surface area contributed by atoms with Gasteiger partial charge in [0.1, 0.15) is 5.57 Å². The molecule has 1 aliphatic rings. The molecule has 0 bridgehead atoms. The molecule has 1 N–H and O–H groups in total. The number of rotatable bonds is 2. The summed E-state index contributed by atoms with van der Waals surface area (Å²) in [7, 11) is 0. The highest BCUT2D eigenvalue weighted by atomic mass is 79.9. The lowest BCUT2D eigenvalue weighted by molar-refractivity contribution is -0.117. The Morgan fingerprint density at radius 3 is 2.29 bits per heavy atom. The maximum Gasteiger partial charge on any atom is 0.282 e. The van der Waals surface area contributed by atoms with Gasteiger partial charge >= 0.3 is 0 Å². The molecular weight excluding hydrogens is 332 g/mol. The van der Waals surface area contributed by atoms with E-state index in [1.165, 1.54) is 5.01 Å². The largest absolute Gasteiger partial charge is 0.282 e. The summed E-state index contributed by atoms with van der Waals surface area (Å²) >= 11 is 3.33. The SMILES string of the molecule is O=C1NN(c2ccc(Br)cc2)C(=O)/C1=C/c1ccccc1. The second-order valence-electron chi connectivity index (χ2n) is 4.53. The van der Waals surface area contributed by atoms with Crippen LogP contribution in [-0.2, 0) is 9.59 Å². The zero-order valence-corrected chi connectivity index (χ0v) is 12.5. The van der Waals surface area contributed by atoms with Gasteiger partial charge in [-0.1, -0.05) is 46.3 Å². The van der Waals surface area contributed by atoms with E-state index < -0.39 is 5.91 Å². The van der Waals surface area contributed by atoms with Crippen molar-refractivity contribution in [2.75, 3.05) is 5.01 Å². The first-order valence-corrected chi connectivity index (χ1v) is 7.12. The predicted molar refractivity (Wildman–Crippen MR) is 84.2 cm³/mol. The third-order valence-corrected chi connectivity index (χ3v) is 3.62. The second kappa shape index (κ2) is 5.54. The molecule has 21 heavy (non-hydrogen) atoms. The van der Waals surface area contributed by atoms with Crippen LogP contribution in [0.3, 0.4) is 0 Å². The van der Waals surface area contributed by atoms with Gasteiger partial charge in [0.15, 0.2) is 0 Å². The smallest absolute Gasteiger partial charge is 0.267 e. The zero-order chi connectivity index (χ0) is 14.8. The first-order valence-electron chi connectivity index (χ1n) is 6.33. The Balaban J connectivity index is 1.92. The second-order valence-corrected chi connectivity index (χ2v) is 5.44. The molecule has 0 radical (unpaired) electrons. The highest BCUT2D eigenvalue weighted by Gasteiger charge is 2.34. The van der Waals surface area contributed by atoms with Gasteiger partial charge in [-0.05, 0) is 35.9 Å². The Bertz CT molecular complexity index is 724. The van der Waals surface area contributed by atoms with Crippen LogP contribution in [0.4, 0.5) is 5.69 Å². The summed E-state index contributed by atoms with van der Waals surface area (Å²) in [6.07, 6.45) is 1.59. The van der Waals surface area contributed by atoms with Gasteiger partial charge in [-0.15, -0.1) is 0 Å². The lowest BCUT2D eigenvalue weighted by Gasteiger charge is -2.14.